The van der Waals surface area contributed by atoms with Crippen LogP contribution in [0.2, 0.25) is 0 Å². The van der Waals surface area contributed by atoms with Crippen molar-refractivity contribution < 1.29 is 23.4 Å². The van der Waals surface area contributed by atoms with Gasteiger partial charge in [0.25, 0.3) is 0 Å². The third-order valence-corrected chi connectivity index (χ3v) is 4.77. The van der Waals surface area contributed by atoms with Gasteiger partial charge in [0.05, 0.1) is 7.11 Å². The van der Waals surface area contributed by atoms with Gasteiger partial charge < -0.3 is 18.6 Å². The van der Waals surface area contributed by atoms with E-state index in [1.165, 1.54) is 12.1 Å². The first kappa shape index (κ1) is 21.9. The van der Waals surface area contributed by atoms with Gasteiger partial charge in [-0.05, 0) is 60.9 Å². The molecular weight excluding hydrogens is 396 g/mol. The van der Waals surface area contributed by atoms with Crippen molar-refractivity contribution in [2.45, 2.75) is 20.5 Å². The molecule has 0 saturated carbocycles. The van der Waals surface area contributed by atoms with Crippen LogP contribution in [0.5, 0.6) is 11.5 Å². The molecule has 0 atom stereocenters. The molecule has 0 N–H and O–H groups in total. The van der Waals surface area contributed by atoms with Crippen LogP contribution in [-0.2, 0) is 16.1 Å². The van der Waals surface area contributed by atoms with Crippen LogP contribution in [0, 0.1) is 13.8 Å². The van der Waals surface area contributed by atoms with E-state index in [2.05, 4.69) is 6.58 Å². The summed E-state index contributed by atoms with van der Waals surface area (Å²) in [6.07, 6.45) is 4.58. The first-order valence-electron chi connectivity index (χ1n) is 9.72. The summed E-state index contributed by atoms with van der Waals surface area (Å²) >= 11 is 0. The zero-order valence-electron chi connectivity index (χ0n) is 17.8. The monoisotopic (exact) mass is 420 g/mol. The maximum Gasteiger partial charge on any atom is 0.336 e. The number of aryl methyl sites for hydroxylation is 2. The third kappa shape index (κ3) is 5.42. The molecule has 0 unspecified atom stereocenters. The Hall–Kier alpha value is -3.80. The molecule has 0 aliphatic carbocycles. The molecule has 160 valence electrons. The summed E-state index contributed by atoms with van der Waals surface area (Å²) in [5.74, 6) is 0.601. The van der Waals surface area contributed by atoms with Gasteiger partial charge in [0.1, 0.15) is 18.8 Å². The van der Waals surface area contributed by atoms with Gasteiger partial charge in [-0.2, -0.15) is 0 Å². The Morgan fingerprint density at radius 3 is 2.61 bits per heavy atom. The molecule has 3 aromatic rings. The minimum Gasteiger partial charge on any atom is -0.493 e. The first-order chi connectivity index (χ1) is 14.9. The largest absolute Gasteiger partial charge is 0.493 e. The third-order valence-electron chi connectivity index (χ3n) is 4.77. The predicted molar refractivity (Wildman–Crippen MR) is 119 cm³/mol. The summed E-state index contributed by atoms with van der Waals surface area (Å²) in [6, 6.07) is 10.4. The lowest BCUT2D eigenvalue weighted by atomic mass is 10.0. The van der Waals surface area contributed by atoms with E-state index in [0.717, 1.165) is 22.1 Å². The zero-order valence-corrected chi connectivity index (χ0v) is 17.8. The number of fused-ring (bicyclic) bond motifs is 1. The Kier molecular flexibility index (Phi) is 6.92. The molecule has 0 spiro atoms. The second kappa shape index (κ2) is 9.80. The number of carbonyl (C=O) groups is 1. The van der Waals surface area contributed by atoms with Crippen LogP contribution in [0.15, 0.2) is 64.3 Å². The Morgan fingerprint density at radius 1 is 1.10 bits per heavy atom. The van der Waals surface area contributed by atoms with Gasteiger partial charge >= 0.3 is 11.6 Å². The van der Waals surface area contributed by atoms with E-state index in [-0.39, 0.29) is 6.61 Å². The number of rotatable bonds is 8. The van der Waals surface area contributed by atoms with Crippen LogP contribution in [0.1, 0.15) is 22.3 Å². The highest BCUT2D eigenvalue weighted by atomic mass is 16.5. The highest BCUT2D eigenvalue weighted by Crippen LogP contribution is 2.28. The first-order valence-corrected chi connectivity index (χ1v) is 9.72. The average molecular weight is 420 g/mol. The van der Waals surface area contributed by atoms with Crippen LogP contribution in [0.25, 0.3) is 17.0 Å². The van der Waals surface area contributed by atoms with Gasteiger partial charge in [-0.3, -0.25) is 0 Å². The van der Waals surface area contributed by atoms with Crippen molar-refractivity contribution in [3.8, 4) is 11.5 Å². The molecule has 0 aliphatic rings. The lowest BCUT2D eigenvalue weighted by Crippen LogP contribution is -2.06. The SMILES string of the molecule is C=CCOc1ccc(/C=C/C(=O)OCc2cc(=O)oc3cc(C)c(C)cc23)cc1OC. The Labute approximate surface area is 180 Å². The van der Waals surface area contributed by atoms with Crippen LogP contribution >= 0.6 is 0 Å². The number of esters is 1. The molecule has 0 radical (unpaired) electrons. The second-order valence-corrected chi connectivity index (χ2v) is 6.97. The van der Waals surface area contributed by atoms with Crippen molar-refractivity contribution in [1.29, 1.82) is 0 Å². The van der Waals surface area contributed by atoms with Gasteiger partial charge in [-0.15, -0.1) is 0 Å². The fourth-order valence-corrected chi connectivity index (χ4v) is 3.02. The number of hydrogen-bond donors (Lipinski definition) is 0. The fraction of sp³-hybridized carbons (Fsp3) is 0.200. The molecule has 6 heteroatoms. The van der Waals surface area contributed by atoms with Crippen molar-refractivity contribution in [3.05, 3.63) is 87.8 Å². The fourth-order valence-electron chi connectivity index (χ4n) is 3.02. The van der Waals surface area contributed by atoms with Crippen molar-refractivity contribution in [2.24, 2.45) is 0 Å². The molecule has 1 heterocycles. The molecule has 0 saturated heterocycles. The van der Waals surface area contributed by atoms with Gasteiger partial charge in [-0.1, -0.05) is 18.7 Å². The van der Waals surface area contributed by atoms with Crippen LogP contribution in [0.3, 0.4) is 0 Å². The van der Waals surface area contributed by atoms with Gasteiger partial charge in [0.2, 0.25) is 0 Å². The van der Waals surface area contributed by atoms with Crippen LogP contribution < -0.4 is 15.1 Å². The summed E-state index contributed by atoms with van der Waals surface area (Å²) < 4.78 is 21.4. The summed E-state index contributed by atoms with van der Waals surface area (Å²) in [5, 5.41) is 0.749. The van der Waals surface area contributed by atoms with Crippen LogP contribution in [0.4, 0.5) is 0 Å². The summed E-state index contributed by atoms with van der Waals surface area (Å²) in [7, 11) is 1.54. The molecule has 3 rings (SSSR count). The average Bonchev–Trinajstić information content (AvgIpc) is 2.76. The van der Waals surface area contributed by atoms with Crippen LogP contribution in [-0.4, -0.2) is 19.7 Å². The van der Waals surface area contributed by atoms with E-state index in [9.17, 15) is 9.59 Å². The number of methoxy groups -OCH3 is 1. The second-order valence-electron chi connectivity index (χ2n) is 6.97. The van der Waals surface area contributed by atoms with Crippen molar-refractivity contribution >= 4 is 23.0 Å². The number of hydrogen-bond acceptors (Lipinski definition) is 6. The molecule has 0 aliphatic heterocycles. The van der Waals surface area contributed by atoms with E-state index in [4.69, 9.17) is 18.6 Å². The van der Waals surface area contributed by atoms with E-state index in [0.29, 0.717) is 29.3 Å². The highest BCUT2D eigenvalue weighted by molar-refractivity contribution is 5.87. The van der Waals surface area contributed by atoms with Crippen molar-refractivity contribution in [1.82, 2.24) is 0 Å². The Balaban J connectivity index is 1.72. The van der Waals surface area contributed by atoms with E-state index in [1.807, 2.05) is 26.0 Å². The molecule has 0 fully saturated rings. The minimum absolute atomic E-state index is 0.0363. The molecule has 2 aromatic carbocycles. The Morgan fingerprint density at radius 2 is 1.87 bits per heavy atom. The molecule has 6 nitrogen and oxygen atoms in total. The minimum atomic E-state index is -0.531. The van der Waals surface area contributed by atoms with E-state index < -0.39 is 11.6 Å². The smallest absolute Gasteiger partial charge is 0.336 e. The molecule has 0 bridgehead atoms. The lowest BCUT2D eigenvalue weighted by molar-refractivity contribution is -0.138. The highest BCUT2D eigenvalue weighted by Gasteiger charge is 2.10. The quantitative estimate of drug-likeness (QED) is 0.227. The van der Waals surface area contributed by atoms with Gasteiger partial charge in [-0.25, -0.2) is 9.59 Å². The summed E-state index contributed by atoms with van der Waals surface area (Å²) in [4.78, 5) is 24.1. The van der Waals surface area contributed by atoms with Crippen molar-refractivity contribution in [2.75, 3.05) is 13.7 Å². The maximum absolute atomic E-state index is 12.2. The van der Waals surface area contributed by atoms with E-state index >= 15 is 0 Å². The zero-order chi connectivity index (χ0) is 22.4. The van der Waals surface area contributed by atoms with Crippen molar-refractivity contribution in [3.63, 3.8) is 0 Å². The standard InChI is InChI=1S/C25H24O6/c1-5-10-29-21-8-6-18(13-23(21)28-4)7-9-24(26)30-15-19-14-25(27)31-22-12-17(3)16(2)11-20(19)22/h5-9,11-14H,1,10,15H2,2-4H3/b9-7+. The maximum atomic E-state index is 12.2. The molecule has 1 aromatic heterocycles. The Bertz CT molecular complexity index is 1200. The number of ether oxygens (including phenoxy) is 3. The molecule has 31 heavy (non-hydrogen) atoms. The number of carbonyl (C=O) groups excluding carboxylic acids is 1. The normalized spacial score (nSPS) is 10.9. The molecule has 0 amide bonds. The van der Waals surface area contributed by atoms with Gasteiger partial charge in [0, 0.05) is 23.1 Å². The predicted octanol–water partition coefficient (Wildman–Crippen LogP) is 4.74. The topological polar surface area (TPSA) is 75.0 Å². The molecular formula is C25H24O6. The number of benzene rings is 2. The van der Waals surface area contributed by atoms with Gasteiger partial charge in [0.15, 0.2) is 11.5 Å². The summed E-state index contributed by atoms with van der Waals surface area (Å²) in [6.45, 7) is 7.86. The lowest BCUT2D eigenvalue weighted by Gasteiger charge is -2.10. The van der Waals surface area contributed by atoms with E-state index in [1.54, 1.807) is 37.5 Å². The summed E-state index contributed by atoms with van der Waals surface area (Å²) in [5.41, 5.74) is 3.41.